The van der Waals surface area contributed by atoms with E-state index < -0.39 is 12.1 Å². The fourth-order valence-corrected chi connectivity index (χ4v) is 2.82. The van der Waals surface area contributed by atoms with Gasteiger partial charge in [0.15, 0.2) is 0 Å². The number of halogens is 4. The highest BCUT2D eigenvalue weighted by molar-refractivity contribution is 6.35. The van der Waals surface area contributed by atoms with E-state index in [0.717, 1.165) is 12.1 Å². The summed E-state index contributed by atoms with van der Waals surface area (Å²) in [6.45, 7) is 0. The Labute approximate surface area is 139 Å². The number of hydrogen-bond donors (Lipinski definition) is 1. The molecule has 2 aromatic carbocycles. The van der Waals surface area contributed by atoms with Gasteiger partial charge in [0, 0.05) is 11.3 Å². The van der Waals surface area contributed by atoms with Crippen molar-refractivity contribution in [2.75, 3.05) is 5.32 Å². The summed E-state index contributed by atoms with van der Waals surface area (Å²) in [5, 5.41) is 11.5. The van der Waals surface area contributed by atoms with E-state index in [2.05, 4.69) is 10.1 Å². The Hall–Kier alpha value is -2.72. The molecule has 1 heterocycles. The minimum atomic E-state index is -4.90. The summed E-state index contributed by atoms with van der Waals surface area (Å²) in [5.41, 5.74) is 1.53. The summed E-state index contributed by atoms with van der Waals surface area (Å²) in [6.07, 6.45) is -4.78. The van der Waals surface area contributed by atoms with Gasteiger partial charge in [0.1, 0.15) is 11.8 Å². The lowest BCUT2D eigenvalue weighted by Crippen LogP contribution is -2.17. The number of anilines is 1. The van der Waals surface area contributed by atoms with E-state index in [9.17, 15) is 18.0 Å². The van der Waals surface area contributed by atoms with Crippen molar-refractivity contribution < 1.29 is 22.7 Å². The first-order valence-corrected chi connectivity index (χ1v) is 7.08. The van der Waals surface area contributed by atoms with Gasteiger partial charge in [0.2, 0.25) is 5.91 Å². The van der Waals surface area contributed by atoms with Crippen LogP contribution in [0.5, 0.6) is 5.75 Å². The summed E-state index contributed by atoms with van der Waals surface area (Å²) in [6, 6.07) is 8.66. The van der Waals surface area contributed by atoms with Gasteiger partial charge >= 0.3 is 6.36 Å². The van der Waals surface area contributed by atoms with Crippen LogP contribution in [0.1, 0.15) is 11.1 Å². The van der Waals surface area contributed by atoms with Gasteiger partial charge in [-0.3, -0.25) is 4.79 Å². The van der Waals surface area contributed by atoms with E-state index in [1.165, 1.54) is 6.07 Å². The smallest absolute Gasteiger partial charge is 0.405 e. The van der Waals surface area contributed by atoms with Crippen LogP contribution in [0.15, 0.2) is 30.3 Å². The first kappa shape index (κ1) is 16.1. The Kier molecular flexibility index (Phi) is 3.85. The van der Waals surface area contributed by atoms with Gasteiger partial charge in [0.05, 0.1) is 17.0 Å². The van der Waals surface area contributed by atoms with Crippen molar-refractivity contribution in [3.05, 3.63) is 46.5 Å². The van der Waals surface area contributed by atoms with Gasteiger partial charge in [-0.15, -0.1) is 13.2 Å². The topological polar surface area (TPSA) is 62.1 Å². The number of hydrogen-bond acceptors (Lipinski definition) is 3. The molecule has 0 bridgehead atoms. The minimum Gasteiger partial charge on any atom is -0.405 e. The van der Waals surface area contributed by atoms with Crippen LogP contribution >= 0.6 is 11.6 Å². The minimum absolute atomic E-state index is 0.0240. The van der Waals surface area contributed by atoms with Crippen LogP contribution in [0.3, 0.4) is 0 Å². The van der Waals surface area contributed by atoms with Crippen LogP contribution in [0, 0.1) is 11.3 Å². The average Bonchev–Trinajstić information content (AvgIpc) is 2.85. The molecule has 0 aromatic heterocycles. The van der Waals surface area contributed by atoms with Crippen LogP contribution in [0.25, 0.3) is 11.1 Å². The number of benzene rings is 2. The summed E-state index contributed by atoms with van der Waals surface area (Å²) in [5.74, 6) is -0.713. The van der Waals surface area contributed by atoms with Crippen LogP contribution in [-0.2, 0) is 11.2 Å². The number of rotatable bonds is 2. The maximum atomic E-state index is 12.6. The highest BCUT2D eigenvalue weighted by atomic mass is 35.5. The summed E-state index contributed by atoms with van der Waals surface area (Å²) >= 11 is 6.10. The maximum Gasteiger partial charge on any atom is 0.573 e. The Morgan fingerprint density at radius 3 is 2.67 bits per heavy atom. The van der Waals surface area contributed by atoms with E-state index in [0.29, 0.717) is 16.8 Å². The normalized spacial score (nSPS) is 13.2. The van der Waals surface area contributed by atoms with E-state index in [1.807, 2.05) is 6.07 Å². The molecule has 24 heavy (non-hydrogen) atoms. The predicted octanol–water partition coefficient (Wildman–Crippen LogP) is 4.27. The molecule has 1 aliphatic rings. The molecule has 4 nitrogen and oxygen atoms in total. The van der Waals surface area contributed by atoms with Crippen LogP contribution in [0.2, 0.25) is 5.02 Å². The maximum absolute atomic E-state index is 12.6. The number of amides is 1. The lowest BCUT2D eigenvalue weighted by atomic mass is 9.99. The highest BCUT2D eigenvalue weighted by Gasteiger charge is 2.33. The number of nitrogens with zero attached hydrogens (tertiary/aromatic N) is 1. The van der Waals surface area contributed by atoms with E-state index in [-0.39, 0.29) is 28.5 Å². The van der Waals surface area contributed by atoms with E-state index in [1.54, 1.807) is 12.1 Å². The van der Waals surface area contributed by atoms with E-state index in [4.69, 9.17) is 16.9 Å². The number of nitriles is 1. The summed E-state index contributed by atoms with van der Waals surface area (Å²) < 4.78 is 41.9. The van der Waals surface area contributed by atoms with Crippen molar-refractivity contribution in [3.8, 4) is 22.9 Å². The molecule has 1 amide bonds. The second-order valence-corrected chi connectivity index (χ2v) is 5.43. The molecule has 0 fully saturated rings. The molecule has 0 atom stereocenters. The van der Waals surface area contributed by atoms with Crippen LogP contribution in [-0.4, -0.2) is 12.3 Å². The number of carbonyl (C=O) groups is 1. The highest BCUT2D eigenvalue weighted by Crippen LogP contribution is 2.42. The number of alkyl halides is 3. The number of fused-ring (bicyclic) bond motifs is 1. The molecular weight excluding hydrogens is 345 g/mol. The molecule has 0 aliphatic carbocycles. The Morgan fingerprint density at radius 2 is 2.00 bits per heavy atom. The molecule has 8 heteroatoms. The number of carbonyl (C=O) groups excluding carboxylic acids is 1. The second kappa shape index (κ2) is 5.73. The van der Waals surface area contributed by atoms with Gasteiger partial charge in [-0.25, -0.2) is 0 Å². The largest absolute Gasteiger partial charge is 0.573 e. The number of nitrogens with one attached hydrogen (secondary N) is 1. The van der Waals surface area contributed by atoms with Gasteiger partial charge in [0.25, 0.3) is 0 Å². The average molecular weight is 353 g/mol. The van der Waals surface area contributed by atoms with Gasteiger partial charge in [-0.2, -0.15) is 5.26 Å². The zero-order valence-electron chi connectivity index (χ0n) is 11.9. The van der Waals surface area contributed by atoms with Crippen LogP contribution in [0.4, 0.5) is 18.9 Å². The van der Waals surface area contributed by atoms with Gasteiger partial charge < -0.3 is 10.1 Å². The zero-order valence-corrected chi connectivity index (χ0v) is 12.6. The molecule has 0 saturated carbocycles. The van der Waals surface area contributed by atoms with Gasteiger partial charge in [-0.05, 0) is 35.4 Å². The van der Waals surface area contributed by atoms with Crippen molar-refractivity contribution in [2.24, 2.45) is 0 Å². The molecular formula is C16H8ClF3N2O2. The van der Waals surface area contributed by atoms with Gasteiger partial charge in [-0.1, -0.05) is 17.7 Å². The fraction of sp³-hybridized carbons (Fsp3) is 0.125. The predicted molar refractivity (Wildman–Crippen MR) is 80.6 cm³/mol. The monoisotopic (exact) mass is 352 g/mol. The van der Waals surface area contributed by atoms with Crippen molar-refractivity contribution in [3.63, 3.8) is 0 Å². The molecule has 0 saturated heterocycles. The van der Waals surface area contributed by atoms with Crippen molar-refractivity contribution in [1.82, 2.24) is 0 Å². The standard InChI is InChI=1S/C16H8ClF3N2O2/c17-15-9(7-21)2-4-12(24-16(18,19)20)14(15)8-1-3-11-10(5-8)6-13(23)22-11/h1-5H,6H2,(H,22,23). The number of ether oxygens (including phenoxy) is 1. The van der Waals surface area contributed by atoms with Crippen molar-refractivity contribution in [2.45, 2.75) is 12.8 Å². The quantitative estimate of drug-likeness (QED) is 0.877. The molecule has 3 rings (SSSR count). The summed E-state index contributed by atoms with van der Waals surface area (Å²) in [7, 11) is 0. The van der Waals surface area contributed by atoms with Crippen molar-refractivity contribution >= 4 is 23.2 Å². The Bertz CT molecular complexity index is 888. The fourth-order valence-electron chi connectivity index (χ4n) is 2.51. The molecule has 2 aromatic rings. The molecule has 0 unspecified atom stereocenters. The third-order valence-electron chi connectivity index (χ3n) is 3.47. The Morgan fingerprint density at radius 1 is 1.25 bits per heavy atom. The molecule has 122 valence electrons. The first-order valence-electron chi connectivity index (χ1n) is 6.70. The third kappa shape index (κ3) is 3.01. The molecule has 1 aliphatic heterocycles. The lowest BCUT2D eigenvalue weighted by molar-refractivity contribution is -0.274. The lowest BCUT2D eigenvalue weighted by Gasteiger charge is -2.16. The second-order valence-electron chi connectivity index (χ2n) is 5.06. The van der Waals surface area contributed by atoms with E-state index >= 15 is 0 Å². The third-order valence-corrected chi connectivity index (χ3v) is 3.86. The molecule has 1 N–H and O–H groups in total. The van der Waals surface area contributed by atoms with Crippen LogP contribution < -0.4 is 10.1 Å². The summed E-state index contributed by atoms with van der Waals surface area (Å²) in [4.78, 5) is 11.4. The molecule has 0 radical (unpaired) electrons. The first-order chi connectivity index (χ1) is 11.3. The van der Waals surface area contributed by atoms with Crippen molar-refractivity contribution in [1.29, 1.82) is 5.26 Å². The molecule has 0 spiro atoms. The Balaban J connectivity index is 2.17. The zero-order chi connectivity index (χ0) is 17.5. The SMILES string of the molecule is N#Cc1ccc(OC(F)(F)F)c(-c2ccc3c(c2)CC(=O)N3)c1Cl.